The van der Waals surface area contributed by atoms with Crippen molar-refractivity contribution >= 4 is 17.6 Å². The summed E-state index contributed by atoms with van der Waals surface area (Å²) in [5, 5.41) is 11.3. The third kappa shape index (κ3) is 2.54. The Labute approximate surface area is 114 Å². The van der Waals surface area contributed by atoms with Crippen molar-refractivity contribution in [1.82, 2.24) is 0 Å². The lowest BCUT2D eigenvalue weighted by molar-refractivity contribution is 0.0697. The molecule has 0 saturated heterocycles. The van der Waals surface area contributed by atoms with E-state index in [9.17, 15) is 14.0 Å². The first kappa shape index (κ1) is 13.8. The van der Waals surface area contributed by atoms with Crippen LogP contribution in [-0.2, 0) is 0 Å². The van der Waals surface area contributed by atoms with Crippen LogP contribution in [0.3, 0.4) is 0 Å². The number of carboxylic acids is 1. The molecule has 0 saturated carbocycles. The van der Waals surface area contributed by atoms with Crippen LogP contribution in [0.1, 0.15) is 32.2 Å². The summed E-state index contributed by atoms with van der Waals surface area (Å²) in [5.74, 6) is -1.82. The number of aromatic carboxylic acids is 1. The third-order valence-corrected chi connectivity index (χ3v) is 2.77. The van der Waals surface area contributed by atoms with Crippen molar-refractivity contribution < 1.29 is 23.5 Å². The van der Waals surface area contributed by atoms with Gasteiger partial charge in [0.1, 0.15) is 17.3 Å². The van der Waals surface area contributed by atoms with E-state index in [1.54, 1.807) is 13.8 Å². The van der Waals surface area contributed by atoms with E-state index in [2.05, 4.69) is 5.32 Å². The van der Waals surface area contributed by atoms with Crippen LogP contribution < -0.4 is 5.32 Å². The summed E-state index contributed by atoms with van der Waals surface area (Å²) in [6.07, 6.45) is 0. The highest BCUT2D eigenvalue weighted by atomic mass is 19.1. The van der Waals surface area contributed by atoms with Gasteiger partial charge in [-0.2, -0.15) is 0 Å². The van der Waals surface area contributed by atoms with Crippen LogP contribution in [0.25, 0.3) is 0 Å². The molecule has 1 aromatic carbocycles. The van der Waals surface area contributed by atoms with Crippen LogP contribution in [-0.4, -0.2) is 17.0 Å². The number of para-hydroxylation sites is 1. The van der Waals surface area contributed by atoms with E-state index in [4.69, 9.17) is 9.52 Å². The van der Waals surface area contributed by atoms with Crippen molar-refractivity contribution in [3.63, 3.8) is 0 Å². The summed E-state index contributed by atoms with van der Waals surface area (Å²) >= 11 is 0. The first-order valence-electron chi connectivity index (χ1n) is 5.80. The number of nitrogens with one attached hydrogen (secondary N) is 1. The smallest absolute Gasteiger partial charge is 0.337 e. The normalized spacial score (nSPS) is 10.3. The number of furan rings is 1. The van der Waals surface area contributed by atoms with Crippen molar-refractivity contribution in [2.24, 2.45) is 0 Å². The predicted molar refractivity (Wildman–Crippen MR) is 69.5 cm³/mol. The summed E-state index contributed by atoms with van der Waals surface area (Å²) in [6.45, 7) is 3.27. The van der Waals surface area contributed by atoms with Gasteiger partial charge >= 0.3 is 5.97 Å². The zero-order valence-corrected chi connectivity index (χ0v) is 10.9. The standard InChI is InChI=1S/C14H12FNO4/c1-7-6-10(8(2)20-7)13(17)16-12-9(14(18)19)4-3-5-11(12)15/h3-6H,1-2H3,(H,16,17)(H,18,19). The Balaban J connectivity index is 2.37. The fourth-order valence-corrected chi connectivity index (χ4v) is 1.87. The lowest BCUT2D eigenvalue weighted by atomic mass is 10.1. The van der Waals surface area contributed by atoms with Gasteiger partial charge in [-0.15, -0.1) is 0 Å². The number of anilines is 1. The molecule has 0 fully saturated rings. The van der Waals surface area contributed by atoms with Crippen LogP contribution in [0.2, 0.25) is 0 Å². The molecule has 2 aromatic rings. The fraction of sp³-hybridized carbons (Fsp3) is 0.143. The molecular formula is C14H12FNO4. The lowest BCUT2D eigenvalue weighted by Gasteiger charge is -2.08. The molecule has 1 heterocycles. The number of hydrogen-bond donors (Lipinski definition) is 2. The van der Waals surface area contributed by atoms with Gasteiger partial charge in [0.15, 0.2) is 0 Å². The number of rotatable bonds is 3. The van der Waals surface area contributed by atoms with Crippen molar-refractivity contribution in [3.05, 3.63) is 52.7 Å². The molecule has 1 amide bonds. The molecule has 0 atom stereocenters. The molecule has 0 aliphatic rings. The molecule has 0 aliphatic carbocycles. The Hall–Kier alpha value is -2.63. The van der Waals surface area contributed by atoms with Crippen LogP contribution in [0, 0.1) is 19.7 Å². The first-order valence-corrected chi connectivity index (χ1v) is 5.80. The number of aryl methyl sites for hydroxylation is 2. The van der Waals surface area contributed by atoms with Crippen LogP contribution >= 0.6 is 0 Å². The third-order valence-electron chi connectivity index (χ3n) is 2.77. The Morgan fingerprint density at radius 2 is 1.95 bits per heavy atom. The molecule has 6 heteroatoms. The van der Waals surface area contributed by atoms with E-state index in [-0.39, 0.29) is 16.8 Å². The monoisotopic (exact) mass is 277 g/mol. The van der Waals surface area contributed by atoms with Crippen molar-refractivity contribution in [1.29, 1.82) is 0 Å². The number of carbonyl (C=O) groups is 2. The largest absolute Gasteiger partial charge is 0.478 e. The number of carboxylic acid groups (broad SMARTS) is 1. The van der Waals surface area contributed by atoms with E-state index < -0.39 is 17.7 Å². The van der Waals surface area contributed by atoms with Crippen LogP contribution in [0.15, 0.2) is 28.7 Å². The molecule has 2 rings (SSSR count). The van der Waals surface area contributed by atoms with Crippen molar-refractivity contribution in [3.8, 4) is 0 Å². The minimum atomic E-state index is -1.32. The summed E-state index contributed by atoms with van der Waals surface area (Å²) in [5.41, 5.74) is -0.429. The molecule has 0 bridgehead atoms. The van der Waals surface area contributed by atoms with Gasteiger partial charge in [0.2, 0.25) is 0 Å². The fourth-order valence-electron chi connectivity index (χ4n) is 1.87. The first-order chi connectivity index (χ1) is 9.40. The van der Waals surface area contributed by atoms with Gasteiger partial charge in [0.25, 0.3) is 5.91 Å². The molecular weight excluding hydrogens is 265 g/mol. The molecule has 5 nitrogen and oxygen atoms in total. The van der Waals surface area contributed by atoms with Gasteiger partial charge in [0, 0.05) is 0 Å². The number of halogens is 1. The minimum Gasteiger partial charge on any atom is -0.478 e. The summed E-state index contributed by atoms with van der Waals surface area (Å²) < 4.78 is 18.9. The minimum absolute atomic E-state index is 0.238. The van der Waals surface area contributed by atoms with Gasteiger partial charge < -0.3 is 14.8 Å². The van der Waals surface area contributed by atoms with Gasteiger partial charge in [-0.05, 0) is 32.0 Å². The Morgan fingerprint density at radius 3 is 2.50 bits per heavy atom. The SMILES string of the molecule is Cc1cc(C(=O)Nc2c(F)cccc2C(=O)O)c(C)o1. The highest BCUT2D eigenvalue weighted by Crippen LogP contribution is 2.22. The zero-order valence-electron chi connectivity index (χ0n) is 10.9. The Kier molecular flexibility index (Phi) is 3.56. The highest BCUT2D eigenvalue weighted by molar-refractivity contribution is 6.08. The highest BCUT2D eigenvalue weighted by Gasteiger charge is 2.19. The summed E-state index contributed by atoms with van der Waals surface area (Å²) in [6, 6.07) is 5.07. The van der Waals surface area contributed by atoms with Crippen LogP contribution in [0.5, 0.6) is 0 Å². The van der Waals surface area contributed by atoms with Gasteiger partial charge in [-0.25, -0.2) is 9.18 Å². The Morgan fingerprint density at radius 1 is 1.25 bits per heavy atom. The van der Waals surface area contributed by atoms with Gasteiger partial charge in [-0.1, -0.05) is 6.07 Å². The molecule has 0 aliphatic heterocycles. The molecule has 1 aromatic heterocycles. The summed E-state index contributed by atoms with van der Waals surface area (Å²) in [4.78, 5) is 23.1. The number of carbonyl (C=O) groups excluding carboxylic acids is 1. The van der Waals surface area contributed by atoms with Crippen molar-refractivity contribution in [2.45, 2.75) is 13.8 Å². The van der Waals surface area contributed by atoms with Crippen molar-refractivity contribution in [2.75, 3.05) is 5.32 Å². The lowest BCUT2D eigenvalue weighted by Crippen LogP contribution is -2.16. The topological polar surface area (TPSA) is 79.5 Å². The van der Waals surface area contributed by atoms with E-state index in [0.29, 0.717) is 11.5 Å². The molecule has 2 N–H and O–H groups in total. The molecule has 0 unspecified atom stereocenters. The average molecular weight is 277 g/mol. The predicted octanol–water partition coefficient (Wildman–Crippen LogP) is 2.99. The average Bonchev–Trinajstić information content (AvgIpc) is 2.70. The second kappa shape index (κ2) is 5.16. The van der Waals surface area contributed by atoms with E-state index >= 15 is 0 Å². The maximum atomic E-state index is 13.7. The molecule has 104 valence electrons. The summed E-state index contributed by atoms with van der Waals surface area (Å²) in [7, 11) is 0. The molecule has 0 radical (unpaired) electrons. The zero-order chi connectivity index (χ0) is 14.9. The number of benzene rings is 1. The van der Waals surface area contributed by atoms with Gasteiger partial charge in [-0.3, -0.25) is 4.79 Å². The maximum absolute atomic E-state index is 13.7. The second-order valence-corrected chi connectivity index (χ2v) is 4.25. The Bertz CT molecular complexity index is 690. The van der Waals surface area contributed by atoms with E-state index in [0.717, 1.165) is 6.07 Å². The second-order valence-electron chi connectivity index (χ2n) is 4.25. The van der Waals surface area contributed by atoms with Gasteiger partial charge in [0.05, 0.1) is 16.8 Å². The molecule has 20 heavy (non-hydrogen) atoms. The van der Waals surface area contributed by atoms with E-state index in [1.165, 1.54) is 18.2 Å². The maximum Gasteiger partial charge on any atom is 0.337 e. The van der Waals surface area contributed by atoms with Crippen LogP contribution in [0.4, 0.5) is 10.1 Å². The quantitative estimate of drug-likeness (QED) is 0.903. The molecule has 0 spiro atoms. The number of amides is 1. The number of hydrogen-bond acceptors (Lipinski definition) is 3. The van der Waals surface area contributed by atoms with E-state index in [1.807, 2.05) is 0 Å².